The minimum absolute atomic E-state index is 0.368. The number of rotatable bonds is 7. The molecule has 3 nitrogen and oxygen atoms in total. The molecule has 3 N–H and O–H groups in total. The smallest absolute Gasteiger partial charge is 0.0741 e. The maximum atomic E-state index is 9.86. The molecule has 1 rings (SSSR count). The van der Waals surface area contributed by atoms with Crippen molar-refractivity contribution in [3.63, 3.8) is 0 Å². The van der Waals surface area contributed by atoms with Crippen molar-refractivity contribution in [2.45, 2.75) is 64.9 Å². The molecule has 19 heavy (non-hydrogen) atoms. The number of likely N-dealkylation sites (tertiary alicyclic amines) is 1. The van der Waals surface area contributed by atoms with Gasteiger partial charge in [-0.15, -0.1) is 0 Å². The average Bonchev–Trinajstić information content (AvgIpc) is 2.60. The number of hydrogen-bond donors (Lipinski definition) is 2. The molecule has 0 amide bonds. The molecule has 0 aromatic carbocycles. The van der Waals surface area contributed by atoms with Gasteiger partial charge < -0.3 is 15.7 Å². The fourth-order valence-corrected chi connectivity index (χ4v) is 3.02. The molecule has 0 aromatic rings. The van der Waals surface area contributed by atoms with Gasteiger partial charge >= 0.3 is 0 Å². The average molecular weight is 270 g/mol. The zero-order chi connectivity index (χ0) is 14.3. The van der Waals surface area contributed by atoms with Crippen molar-refractivity contribution in [3.05, 3.63) is 0 Å². The molecule has 1 fully saturated rings. The van der Waals surface area contributed by atoms with E-state index in [1.54, 1.807) is 0 Å². The molecule has 3 heteroatoms. The molecule has 1 aliphatic rings. The van der Waals surface area contributed by atoms with E-state index >= 15 is 0 Å². The van der Waals surface area contributed by atoms with Crippen molar-refractivity contribution in [1.82, 2.24) is 4.90 Å². The third-order valence-corrected chi connectivity index (χ3v) is 4.69. The van der Waals surface area contributed by atoms with Crippen molar-refractivity contribution in [1.29, 1.82) is 0 Å². The summed E-state index contributed by atoms with van der Waals surface area (Å²) in [4.78, 5) is 2.61. The molecule has 0 aromatic heterocycles. The van der Waals surface area contributed by atoms with Crippen molar-refractivity contribution >= 4 is 0 Å². The molecule has 2 unspecified atom stereocenters. The van der Waals surface area contributed by atoms with Gasteiger partial charge in [0.1, 0.15) is 0 Å². The summed E-state index contributed by atoms with van der Waals surface area (Å²) in [5.74, 6) is 1.75. The highest BCUT2D eigenvalue weighted by Gasteiger charge is 2.20. The van der Waals surface area contributed by atoms with E-state index in [9.17, 15) is 5.11 Å². The van der Waals surface area contributed by atoms with E-state index in [1.165, 1.54) is 45.3 Å². The fourth-order valence-electron chi connectivity index (χ4n) is 3.02. The lowest BCUT2D eigenvalue weighted by Gasteiger charge is -2.23. The number of nitrogens with two attached hydrogens (primary N) is 1. The van der Waals surface area contributed by atoms with Gasteiger partial charge in [-0.05, 0) is 76.9 Å². The Labute approximate surface area is 119 Å². The molecule has 1 aliphatic heterocycles. The van der Waals surface area contributed by atoms with E-state index < -0.39 is 5.60 Å². The molecule has 114 valence electrons. The van der Waals surface area contributed by atoms with Crippen LogP contribution in [0.15, 0.2) is 0 Å². The van der Waals surface area contributed by atoms with Crippen LogP contribution in [-0.4, -0.2) is 41.8 Å². The van der Waals surface area contributed by atoms with Crippen LogP contribution in [0.3, 0.4) is 0 Å². The maximum Gasteiger partial charge on any atom is 0.0741 e. The van der Waals surface area contributed by atoms with Crippen LogP contribution in [0.5, 0.6) is 0 Å². The largest absolute Gasteiger partial charge is 0.389 e. The van der Waals surface area contributed by atoms with Gasteiger partial charge in [0.2, 0.25) is 0 Å². The van der Waals surface area contributed by atoms with E-state index in [2.05, 4.69) is 18.7 Å². The zero-order valence-corrected chi connectivity index (χ0v) is 13.2. The second-order valence-corrected chi connectivity index (χ2v) is 6.93. The number of unbranched alkanes of at least 4 members (excludes halogenated alkanes) is 1. The third-order valence-electron chi connectivity index (χ3n) is 4.69. The highest BCUT2D eigenvalue weighted by molar-refractivity contribution is 4.75. The molecular formula is C16H34N2O. The Balaban J connectivity index is 2.16. The summed E-state index contributed by atoms with van der Waals surface area (Å²) in [5, 5.41) is 9.86. The van der Waals surface area contributed by atoms with Crippen LogP contribution >= 0.6 is 0 Å². The molecule has 0 spiro atoms. The molecule has 0 aliphatic carbocycles. The second-order valence-electron chi connectivity index (χ2n) is 6.93. The van der Waals surface area contributed by atoms with Crippen molar-refractivity contribution in [3.8, 4) is 0 Å². The summed E-state index contributed by atoms with van der Waals surface area (Å²) < 4.78 is 0. The van der Waals surface area contributed by atoms with Crippen LogP contribution in [0.2, 0.25) is 0 Å². The van der Waals surface area contributed by atoms with E-state index in [1.807, 2.05) is 6.92 Å². The summed E-state index contributed by atoms with van der Waals surface area (Å²) >= 11 is 0. The lowest BCUT2D eigenvalue weighted by atomic mass is 9.89. The van der Waals surface area contributed by atoms with Crippen LogP contribution in [0, 0.1) is 11.8 Å². The Morgan fingerprint density at radius 2 is 2.00 bits per heavy atom. The van der Waals surface area contributed by atoms with Gasteiger partial charge in [-0.1, -0.05) is 13.8 Å². The normalized spacial score (nSPS) is 25.3. The van der Waals surface area contributed by atoms with Crippen LogP contribution < -0.4 is 5.73 Å². The van der Waals surface area contributed by atoms with Gasteiger partial charge in [-0.2, -0.15) is 0 Å². The molecular weight excluding hydrogens is 236 g/mol. The quantitative estimate of drug-likeness (QED) is 0.699. The maximum absolute atomic E-state index is 9.86. The van der Waals surface area contributed by atoms with Gasteiger partial charge in [-0.25, -0.2) is 0 Å². The predicted octanol–water partition coefficient (Wildman–Crippen LogP) is 2.62. The summed E-state index contributed by atoms with van der Waals surface area (Å²) in [6, 6.07) is 0. The van der Waals surface area contributed by atoms with Gasteiger partial charge in [0.05, 0.1) is 5.60 Å². The first-order chi connectivity index (χ1) is 8.94. The first kappa shape index (κ1) is 16.9. The van der Waals surface area contributed by atoms with E-state index in [0.29, 0.717) is 6.54 Å². The molecule has 0 bridgehead atoms. The third kappa shape index (κ3) is 6.73. The molecule has 1 heterocycles. The van der Waals surface area contributed by atoms with Crippen molar-refractivity contribution in [2.24, 2.45) is 17.6 Å². The van der Waals surface area contributed by atoms with Gasteiger partial charge in [0.15, 0.2) is 0 Å². The molecule has 1 saturated heterocycles. The second kappa shape index (κ2) is 8.23. The topological polar surface area (TPSA) is 49.5 Å². The molecule has 2 atom stereocenters. The predicted molar refractivity (Wildman–Crippen MR) is 82.1 cm³/mol. The van der Waals surface area contributed by atoms with Crippen molar-refractivity contribution in [2.75, 3.05) is 26.2 Å². The molecule has 0 radical (unpaired) electrons. The summed E-state index contributed by atoms with van der Waals surface area (Å²) in [6.45, 7) is 10.6. The Kier molecular flexibility index (Phi) is 7.33. The Morgan fingerprint density at radius 1 is 1.26 bits per heavy atom. The first-order valence-corrected chi connectivity index (χ1v) is 8.09. The van der Waals surface area contributed by atoms with Crippen LogP contribution in [0.25, 0.3) is 0 Å². The van der Waals surface area contributed by atoms with Crippen LogP contribution in [-0.2, 0) is 0 Å². The number of nitrogens with zero attached hydrogens (tertiary/aromatic N) is 1. The van der Waals surface area contributed by atoms with Crippen LogP contribution in [0.4, 0.5) is 0 Å². The highest BCUT2D eigenvalue weighted by atomic mass is 16.3. The minimum atomic E-state index is -0.665. The lowest BCUT2D eigenvalue weighted by molar-refractivity contribution is 0.0564. The van der Waals surface area contributed by atoms with Gasteiger partial charge in [-0.3, -0.25) is 0 Å². The monoisotopic (exact) mass is 270 g/mol. The fraction of sp³-hybridized carbons (Fsp3) is 1.00. The van der Waals surface area contributed by atoms with Crippen LogP contribution in [0.1, 0.15) is 59.3 Å². The van der Waals surface area contributed by atoms with Gasteiger partial charge in [0, 0.05) is 6.54 Å². The van der Waals surface area contributed by atoms with Gasteiger partial charge in [0.25, 0.3) is 0 Å². The summed E-state index contributed by atoms with van der Waals surface area (Å²) in [5.41, 5.74) is 4.87. The standard InChI is InChI=1S/C16H34N2O/c1-14(2)15-7-6-11-18(12-8-15)10-5-4-9-16(3,19)13-17/h14-15,19H,4-13,17H2,1-3H3. The van der Waals surface area contributed by atoms with Crippen molar-refractivity contribution < 1.29 is 5.11 Å². The first-order valence-electron chi connectivity index (χ1n) is 8.09. The minimum Gasteiger partial charge on any atom is -0.389 e. The lowest BCUT2D eigenvalue weighted by Crippen LogP contribution is -2.34. The highest BCUT2D eigenvalue weighted by Crippen LogP contribution is 2.24. The van der Waals surface area contributed by atoms with E-state index in [4.69, 9.17) is 5.73 Å². The molecule has 0 saturated carbocycles. The summed E-state index contributed by atoms with van der Waals surface area (Å²) in [7, 11) is 0. The SMILES string of the molecule is CC(C)C1CCCN(CCCCC(C)(O)CN)CC1. The van der Waals surface area contributed by atoms with E-state index in [0.717, 1.165) is 24.7 Å². The zero-order valence-electron chi connectivity index (χ0n) is 13.2. The Bertz CT molecular complexity index is 241. The van der Waals surface area contributed by atoms with E-state index in [-0.39, 0.29) is 0 Å². The summed E-state index contributed by atoms with van der Waals surface area (Å²) in [6.07, 6.45) is 7.19. The Hall–Kier alpha value is -0.120. The number of aliphatic hydroxyl groups is 1. The Morgan fingerprint density at radius 3 is 2.63 bits per heavy atom. The number of hydrogen-bond acceptors (Lipinski definition) is 3.